The molecule has 0 unspecified atom stereocenters. The van der Waals surface area contributed by atoms with E-state index in [0.29, 0.717) is 12.1 Å². The fourth-order valence-electron chi connectivity index (χ4n) is 1.67. The van der Waals surface area contributed by atoms with Crippen molar-refractivity contribution in [1.29, 1.82) is 0 Å². The van der Waals surface area contributed by atoms with Crippen LogP contribution >= 0.6 is 0 Å². The number of benzene rings is 1. The number of amides is 1. The summed E-state index contributed by atoms with van der Waals surface area (Å²) >= 11 is 0. The third-order valence-corrected chi connectivity index (χ3v) is 2.63. The largest absolute Gasteiger partial charge is 0.508 e. The minimum absolute atomic E-state index is 0.141. The first-order valence-corrected chi connectivity index (χ1v) is 5.63. The third kappa shape index (κ3) is 2.85. The smallest absolute Gasteiger partial charge is 0.251 e. The number of aromatic nitrogens is 1. The highest BCUT2D eigenvalue weighted by Crippen LogP contribution is 2.11. The third-order valence-electron chi connectivity index (χ3n) is 2.63. The van der Waals surface area contributed by atoms with Crippen molar-refractivity contribution in [3.8, 4) is 5.75 Å². The molecule has 0 aliphatic rings. The Morgan fingerprint density at radius 1 is 1.39 bits per heavy atom. The zero-order valence-electron chi connectivity index (χ0n) is 10.1. The Balaban J connectivity index is 2.03. The lowest BCUT2D eigenvalue weighted by atomic mass is 10.1. The lowest BCUT2D eigenvalue weighted by molar-refractivity contribution is 0.0950. The van der Waals surface area contributed by atoms with Crippen molar-refractivity contribution in [1.82, 2.24) is 10.3 Å². The topological polar surface area (TPSA) is 62.2 Å². The van der Waals surface area contributed by atoms with Crippen LogP contribution in [-0.2, 0) is 6.54 Å². The summed E-state index contributed by atoms with van der Waals surface area (Å²) in [5.41, 5.74) is 2.31. The van der Waals surface area contributed by atoms with Gasteiger partial charge in [-0.2, -0.15) is 0 Å². The van der Waals surface area contributed by atoms with E-state index in [1.165, 1.54) is 0 Å². The molecule has 0 fully saturated rings. The fraction of sp³-hybridized carbons (Fsp3) is 0.143. The summed E-state index contributed by atoms with van der Waals surface area (Å²) in [4.78, 5) is 15.9. The monoisotopic (exact) mass is 242 g/mol. The second-order valence-corrected chi connectivity index (χ2v) is 4.04. The van der Waals surface area contributed by atoms with Gasteiger partial charge in [0.1, 0.15) is 5.75 Å². The Labute approximate surface area is 105 Å². The van der Waals surface area contributed by atoms with Crippen molar-refractivity contribution in [2.45, 2.75) is 13.5 Å². The van der Waals surface area contributed by atoms with Gasteiger partial charge in [0.25, 0.3) is 5.91 Å². The lowest BCUT2D eigenvalue weighted by Crippen LogP contribution is -2.23. The first-order valence-electron chi connectivity index (χ1n) is 5.63. The highest BCUT2D eigenvalue weighted by molar-refractivity contribution is 5.95. The van der Waals surface area contributed by atoms with Crippen molar-refractivity contribution in [3.05, 3.63) is 59.4 Å². The van der Waals surface area contributed by atoms with Gasteiger partial charge in [0.2, 0.25) is 0 Å². The zero-order chi connectivity index (χ0) is 13.0. The van der Waals surface area contributed by atoms with Crippen LogP contribution in [0, 0.1) is 6.92 Å². The maximum Gasteiger partial charge on any atom is 0.251 e. The number of aryl methyl sites for hydroxylation is 1. The van der Waals surface area contributed by atoms with Crippen LogP contribution in [0.15, 0.2) is 42.7 Å². The second-order valence-electron chi connectivity index (χ2n) is 4.04. The Morgan fingerprint density at radius 3 is 2.94 bits per heavy atom. The molecule has 4 nitrogen and oxygen atoms in total. The van der Waals surface area contributed by atoms with Gasteiger partial charge in [-0.1, -0.05) is 12.1 Å². The number of carbonyl (C=O) groups excluding carboxylic acids is 1. The summed E-state index contributed by atoms with van der Waals surface area (Å²) in [7, 11) is 0. The first-order chi connectivity index (χ1) is 8.66. The minimum atomic E-state index is -0.141. The molecule has 1 heterocycles. The molecule has 0 aliphatic carbocycles. The molecule has 92 valence electrons. The second kappa shape index (κ2) is 5.31. The average Bonchev–Trinajstić information content (AvgIpc) is 2.37. The van der Waals surface area contributed by atoms with E-state index in [9.17, 15) is 9.90 Å². The quantitative estimate of drug-likeness (QED) is 0.865. The van der Waals surface area contributed by atoms with Crippen molar-refractivity contribution in [3.63, 3.8) is 0 Å². The van der Waals surface area contributed by atoms with E-state index < -0.39 is 0 Å². The van der Waals surface area contributed by atoms with E-state index in [1.54, 1.807) is 36.7 Å². The lowest BCUT2D eigenvalue weighted by Gasteiger charge is -2.07. The molecule has 4 heteroatoms. The molecule has 0 atom stereocenters. The summed E-state index contributed by atoms with van der Waals surface area (Å²) in [6, 6.07) is 8.50. The number of nitrogens with one attached hydrogen (secondary N) is 1. The van der Waals surface area contributed by atoms with E-state index in [2.05, 4.69) is 10.3 Å². The van der Waals surface area contributed by atoms with Gasteiger partial charge >= 0.3 is 0 Å². The number of phenols is 1. The zero-order valence-corrected chi connectivity index (χ0v) is 10.1. The van der Waals surface area contributed by atoms with E-state index in [-0.39, 0.29) is 11.7 Å². The Kier molecular flexibility index (Phi) is 3.57. The summed E-state index contributed by atoms with van der Waals surface area (Å²) in [6.45, 7) is 2.23. The van der Waals surface area contributed by atoms with Gasteiger partial charge in [-0.05, 0) is 36.2 Å². The summed E-state index contributed by atoms with van der Waals surface area (Å²) in [5.74, 6) is 0.0556. The van der Waals surface area contributed by atoms with Gasteiger partial charge in [-0.25, -0.2) is 0 Å². The van der Waals surface area contributed by atoms with Crippen molar-refractivity contribution in [2.24, 2.45) is 0 Å². The predicted molar refractivity (Wildman–Crippen MR) is 68.3 cm³/mol. The molecule has 0 aliphatic heterocycles. The maximum absolute atomic E-state index is 11.9. The van der Waals surface area contributed by atoms with Crippen LogP contribution in [0.1, 0.15) is 21.5 Å². The number of phenolic OH excluding ortho intramolecular Hbond substituents is 1. The van der Waals surface area contributed by atoms with Crippen LogP contribution in [0.2, 0.25) is 0 Å². The van der Waals surface area contributed by atoms with Gasteiger partial charge < -0.3 is 10.4 Å². The molecule has 1 aromatic heterocycles. The molecule has 0 saturated heterocycles. The first kappa shape index (κ1) is 12.1. The minimum Gasteiger partial charge on any atom is -0.508 e. The van der Waals surface area contributed by atoms with Gasteiger partial charge in [-0.15, -0.1) is 0 Å². The van der Waals surface area contributed by atoms with Gasteiger partial charge in [0, 0.05) is 24.5 Å². The summed E-state index contributed by atoms with van der Waals surface area (Å²) < 4.78 is 0. The van der Waals surface area contributed by atoms with E-state index >= 15 is 0 Å². The SMILES string of the molecule is Cc1cnccc1C(=O)NCc1cccc(O)c1. The van der Waals surface area contributed by atoms with Crippen LogP contribution in [0.25, 0.3) is 0 Å². The van der Waals surface area contributed by atoms with E-state index in [4.69, 9.17) is 0 Å². The van der Waals surface area contributed by atoms with Crippen LogP contribution < -0.4 is 5.32 Å². The molecule has 0 radical (unpaired) electrons. The van der Waals surface area contributed by atoms with Crippen molar-refractivity contribution in [2.75, 3.05) is 0 Å². The number of rotatable bonds is 3. The molecule has 0 bridgehead atoms. The summed E-state index contributed by atoms with van der Waals surface area (Å²) in [6.07, 6.45) is 3.25. The molecule has 2 N–H and O–H groups in total. The summed E-state index contributed by atoms with van der Waals surface area (Å²) in [5, 5.41) is 12.1. The molecule has 18 heavy (non-hydrogen) atoms. The molecule has 2 aromatic rings. The fourth-order valence-corrected chi connectivity index (χ4v) is 1.67. The van der Waals surface area contributed by atoms with Crippen molar-refractivity contribution >= 4 is 5.91 Å². The molecule has 0 saturated carbocycles. The van der Waals surface area contributed by atoms with Crippen LogP contribution in [0.4, 0.5) is 0 Å². The highest BCUT2D eigenvalue weighted by atomic mass is 16.3. The van der Waals surface area contributed by atoms with E-state index in [0.717, 1.165) is 11.1 Å². The number of aromatic hydroxyl groups is 1. The Morgan fingerprint density at radius 2 is 2.22 bits per heavy atom. The van der Waals surface area contributed by atoms with E-state index in [1.807, 2.05) is 13.0 Å². The number of pyridine rings is 1. The normalized spacial score (nSPS) is 10.1. The number of hydrogen-bond donors (Lipinski definition) is 2. The maximum atomic E-state index is 11.9. The molecular formula is C14H14N2O2. The standard InChI is InChI=1S/C14H14N2O2/c1-10-8-15-6-5-13(10)14(18)16-9-11-3-2-4-12(17)7-11/h2-8,17H,9H2,1H3,(H,16,18). The number of nitrogens with zero attached hydrogens (tertiary/aromatic N) is 1. The molecule has 2 rings (SSSR count). The molecule has 0 spiro atoms. The van der Waals surface area contributed by atoms with Gasteiger partial charge in [0.05, 0.1) is 0 Å². The molecular weight excluding hydrogens is 228 g/mol. The predicted octanol–water partition coefficient (Wildman–Crippen LogP) is 2.03. The highest BCUT2D eigenvalue weighted by Gasteiger charge is 2.07. The number of hydrogen-bond acceptors (Lipinski definition) is 3. The van der Waals surface area contributed by atoms with Crippen molar-refractivity contribution < 1.29 is 9.90 Å². The van der Waals surface area contributed by atoms with Crippen LogP contribution in [0.5, 0.6) is 5.75 Å². The molecule has 1 amide bonds. The van der Waals surface area contributed by atoms with Gasteiger partial charge in [0.15, 0.2) is 0 Å². The van der Waals surface area contributed by atoms with Gasteiger partial charge in [-0.3, -0.25) is 9.78 Å². The van der Waals surface area contributed by atoms with Crippen LogP contribution in [-0.4, -0.2) is 16.0 Å². The number of carbonyl (C=O) groups is 1. The van der Waals surface area contributed by atoms with Crippen LogP contribution in [0.3, 0.4) is 0 Å². The Bertz CT molecular complexity index is 567. The Hall–Kier alpha value is -2.36. The average molecular weight is 242 g/mol. The molecule has 1 aromatic carbocycles.